The summed E-state index contributed by atoms with van der Waals surface area (Å²) in [6.45, 7) is 8.53. The Hall–Kier alpha value is -2.56. The molecule has 1 atom stereocenters. The molecule has 1 unspecified atom stereocenters. The van der Waals surface area contributed by atoms with Gasteiger partial charge in [0.05, 0.1) is 29.5 Å². The van der Waals surface area contributed by atoms with Gasteiger partial charge in [-0.3, -0.25) is 0 Å². The van der Waals surface area contributed by atoms with Crippen molar-refractivity contribution in [2.75, 3.05) is 32.2 Å². The maximum Gasteiger partial charge on any atom is 0.231 e. The molecule has 1 heterocycles. The molecule has 0 fully saturated rings. The van der Waals surface area contributed by atoms with E-state index in [1.807, 2.05) is 12.1 Å². The van der Waals surface area contributed by atoms with Crippen molar-refractivity contribution < 1.29 is 9.47 Å². The molecule has 3 rings (SSSR count). The summed E-state index contributed by atoms with van der Waals surface area (Å²) < 4.78 is 12.3. The molecule has 0 spiro atoms. The van der Waals surface area contributed by atoms with E-state index < -0.39 is 0 Å². The third-order valence-electron chi connectivity index (χ3n) is 5.67. The lowest BCUT2D eigenvalue weighted by Crippen LogP contribution is -2.29. The SMILES string of the molecule is CCCCC(CC)CN(CC)c1cc(OC)c(N=Nc2nc3c(s2)=CC(Cl)=C=C=3)cc1OC. The first-order chi connectivity index (χ1) is 16.0. The van der Waals surface area contributed by atoms with E-state index in [-0.39, 0.29) is 0 Å². The lowest BCUT2D eigenvalue weighted by Gasteiger charge is -2.29. The van der Waals surface area contributed by atoms with Crippen molar-refractivity contribution in [1.29, 1.82) is 0 Å². The summed E-state index contributed by atoms with van der Waals surface area (Å²) in [4.78, 5) is 6.78. The van der Waals surface area contributed by atoms with Gasteiger partial charge in [0, 0.05) is 25.2 Å². The predicted molar refractivity (Wildman–Crippen MR) is 137 cm³/mol. The van der Waals surface area contributed by atoms with Gasteiger partial charge in [0.25, 0.3) is 0 Å². The van der Waals surface area contributed by atoms with Gasteiger partial charge in [-0.15, -0.1) is 10.2 Å². The van der Waals surface area contributed by atoms with Gasteiger partial charge in [0.15, 0.2) is 0 Å². The van der Waals surface area contributed by atoms with Crippen LogP contribution in [0.3, 0.4) is 0 Å². The molecule has 6 nitrogen and oxygen atoms in total. The minimum absolute atomic E-state index is 0.497. The Morgan fingerprint density at radius 3 is 2.58 bits per heavy atom. The molecule has 0 amide bonds. The molecular formula is C25H31ClN4O2S. The molecule has 1 aromatic heterocycles. The van der Waals surface area contributed by atoms with Gasteiger partial charge < -0.3 is 14.4 Å². The number of ether oxygens (including phenoxy) is 2. The first-order valence-corrected chi connectivity index (χ1v) is 12.5. The average molecular weight is 487 g/mol. The maximum absolute atomic E-state index is 6.00. The van der Waals surface area contributed by atoms with E-state index in [0.29, 0.717) is 32.9 Å². The van der Waals surface area contributed by atoms with Crippen LogP contribution in [0.4, 0.5) is 16.5 Å². The number of unbranched alkanes of at least 4 members (excludes halogenated alkanes) is 1. The van der Waals surface area contributed by atoms with Gasteiger partial charge in [-0.1, -0.05) is 56.0 Å². The topological polar surface area (TPSA) is 59.3 Å². The smallest absolute Gasteiger partial charge is 0.231 e. The van der Waals surface area contributed by atoms with Crippen LogP contribution in [-0.4, -0.2) is 32.3 Å². The van der Waals surface area contributed by atoms with Crippen molar-refractivity contribution in [3.8, 4) is 11.5 Å². The first-order valence-electron chi connectivity index (χ1n) is 11.4. The number of halogens is 1. The number of methoxy groups -OCH3 is 2. The molecule has 1 aromatic carbocycles. The summed E-state index contributed by atoms with van der Waals surface area (Å²) in [7, 11) is 3.32. The highest BCUT2D eigenvalue weighted by atomic mass is 35.5. The molecule has 2 aromatic rings. The number of aromatic nitrogens is 1. The van der Waals surface area contributed by atoms with Crippen LogP contribution in [0.5, 0.6) is 11.5 Å². The largest absolute Gasteiger partial charge is 0.494 e. The van der Waals surface area contributed by atoms with E-state index in [2.05, 4.69) is 52.3 Å². The van der Waals surface area contributed by atoms with E-state index in [4.69, 9.17) is 21.1 Å². The number of hydrogen-bond acceptors (Lipinski definition) is 7. The Balaban J connectivity index is 1.90. The number of anilines is 1. The maximum atomic E-state index is 6.00. The van der Waals surface area contributed by atoms with Gasteiger partial charge >= 0.3 is 0 Å². The van der Waals surface area contributed by atoms with Crippen LogP contribution in [0.2, 0.25) is 0 Å². The normalized spacial score (nSPS) is 13.2. The fraction of sp³-hybridized carbons (Fsp3) is 0.480. The number of rotatable bonds is 12. The van der Waals surface area contributed by atoms with Crippen LogP contribution in [0, 0.1) is 5.92 Å². The molecule has 0 aliphatic heterocycles. The second-order valence-electron chi connectivity index (χ2n) is 7.80. The lowest BCUT2D eigenvalue weighted by molar-refractivity contribution is 0.400. The fourth-order valence-electron chi connectivity index (χ4n) is 3.73. The number of nitrogens with zero attached hydrogens (tertiary/aromatic N) is 4. The van der Waals surface area contributed by atoms with Crippen LogP contribution in [0.15, 0.2) is 33.1 Å². The first kappa shape index (κ1) is 25.1. The highest BCUT2D eigenvalue weighted by Gasteiger charge is 2.19. The van der Waals surface area contributed by atoms with Gasteiger partial charge in [-0.2, -0.15) is 0 Å². The molecular weight excluding hydrogens is 456 g/mol. The number of thiazole rings is 1. The number of benzene rings is 1. The predicted octanol–water partition coefficient (Wildman–Crippen LogP) is 6.07. The van der Waals surface area contributed by atoms with Crippen LogP contribution in [0.1, 0.15) is 46.5 Å². The minimum Gasteiger partial charge on any atom is -0.494 e. The highest BCUT2D eigenvalue weighted by molar-refractivity contribution is 7.13. The van der Waals surface area contributed by atoms with Crippen LogP contribution in [0.25, 0.3) is 11.8 Å². The van der Waals surface area contributed by atoms with Crippen LogP contribution >= 0.6 is 22.9 Å². The average Bonchev–Trinajstić information content (AvgIpc) is 3.24. The van der Waals surface area contributed by atoms with Crippen LogP contribution < -0.4 is 24.3 Å². The lowest BCUT2D eigenvalue weighted by atomic mass is 9.98. The highest BCUT2D eigenvalue weighted by Crippen LogP contribution is 2.41. The number of allylic oxidation sites excluding steroid dienone is 1. The van der Waals surface area contributed by atoms with E-state index in [0.717, 1.165) is 35.5 Å². The third kappa shape index (κ3) is 6.27. The Morgan fingerprint density at radius 2 is 1.91 bits per heavy atom. The third-order valence-corrected chi connectivity index (χ3v) is 6.76. The van der Waals surface area contributed by atoms with Crippen LogP contribution in [-0.2, 0) is 0 Å². The molecule has 0 N–H and O–H groups in total. The summed E-state index contributed by atoms with van der Waals surface area (Å²) in [5.41, 5.74) is 7.33. The molecule has 1 aliphatic carbocycles. The summed E-state index contributed by atoms with van der Waals surface area (Å²) in [5.74, 6) is 2.02. The second-order valence-corrected chi connectivity index (χ2v) is 9.22. The van der Waals surface area contributed by atoms with Crippen molar-refractivity contribution >= 4 is 51.3 Å². The van der Waals surface area contributed by atoms with Gasteiger partial charge in [-0.05, 0) is 36.8 Å². The van der Waals surface area contributed by atoms with Crippen molar-refractivity contribution in [2.24, 2.45) is 16.1 Å². The Kier molecular flexibility index (Phi) is 9.16. The number of hydrogen-bond donors (Lipinski definition) is 0. The fourth-order valence-corrected chi connectivity index (χ4v) is 4.74. The standard InChI is InChI=1S/C25H31ClN4O2S/c1-6-9-10-17(7-2)16-30(8-3)21-15-22(31-4)20(14-23(21)32-5)28-29-25-27-19-12-11-18(26)13-24(19)33-25/h13-15,17H,6-10,16H2,1-5H3. The Bertz CT molecular complexity index is 1190. The van der Waals surface area contributed by atoms with E-state index in [1.165, 1.54) is 30.6 Å². The molecule has 0 saturated heterocycles. The molecule has 0 radical (unpaired) electrons. The molecule has 1 aliphatic rings. The van der Waals surface area contributed by atoms with Gasteiger partial charge in [0.1, 0.15) is 22.5 Å². The van der Waals surface area contributed by atoms with Gasteiger partial charge in [0.2, 0.25) is 5.13 Å². The summed E-state index contributed by atoms with van der Waals surface area (Å²) in [5, 5.41) is 10.4. The number of fused-ring (bicyclic) bond motifs is 1. The summed E-state index contributed by atoms with van der Waals surface area (Å²) in [6, 6.07) is 3.86. The zero-order valence-electron chi connectivity index (χ0n) is 19.9. The summed E-state index contributed by atoms with van der Waals surface area (Å²) in [6.07, 6.45) is 6.66. The van der Waals surface area contributed by atoms with E-state index >= 15 is 0 Å². The van der Waals surface area contributed by atoms with Crippen molar-refractivity contribution in [2.45, 2.75) is 46.5 Å². The van der Waals surface area contributed by atoms with Crippen molar-refractivity contribution in [1.82, 2.24) is 4.98 Å². The van der Waals surface area contributed by atoms with Crippen molar-refractivity contribution in [3.05, 3.63) is 32.8 Å². The zero-order chi connectivity index (χ0) is 23.8. The number of azo groups is 1. The molecule has 0 saturated carbocycles. The Morgan fingerprint density at radius 1 is 1.12 bits per heavy atom. The monoisotopic (exact) mass is 486 g/mol. The van der Waals surface area contributed by atoms with E-state index in [1.54, 1.807) is 20.3 Å². The Labute approximate surface area is 204 Å². The minimum atomic E-state index is 0.497. The van der Waals surface area contributed by atoms with Crippen molar-refractivity contribution in [3.63, 3.8) is 0 Å². The zero-order valence-corrected chi connectivity index (χ0v) is 21.5. The van der Waals surface area contributed by atoms with E-state index in [9.17, 15) is 0 Å². The second kappa shape index (κ2) is 12.1. The molecule has 176 valence electrons. The summed E-state index contributed by atoms with van der Waals surface area (Å²) >= 11 is 7.39. The quantitative estimate of drug-likeness (QED) is 0.270. The molecule has 0 bridgehead atoms. The molecule has 33 heavy (non-hydrogen) atoms. The van der Waals surface area contributed by atoms with Gasteiger partial charge in [-0.25, -0.2) is 4.98 Å². The molecule has 8 heteroatoms.